The summed E-state index contributed by atoms with van der Waals surface area (Å²) in [4.78, 5) is 27.8. The minimum Gasteiger partial charge on any atom is -0.494 e. The number of carbonyl (C=O) groups excluding carboxylic acids is 2. The highest BCUT2D eigenvalue weighted by molar-refractivity contribution is 6.19. The number of rotatable bonds is 11. The van der Waals surface area contributed by atoms with Gasteiger partial charge >= 0.3 is 0 Å². The fraction of sp³-hybridized carbons (Fsp3) is 0.312. The Morgan fingerprint density at radius 1 is 0.949 bits per heavy atom. The van der Waals surface area contributed by atoms with Gasteiger partial charge in [-0.25, -0.2) is 4.68 Å². The van der Waals surface area contributed by atoms with Crippen LogP contribution >= 0.6 is 0 Å². The molecule has 2 aromatic carbocycles. The number of ether oxygens (including phenoxy) is 1. The Kier molecular flexibility index (Phi) is 9.11. The van der Waals surface area contributed by atoms with Gasteiger partial charge in [-0.05, 0) is 67.8 Å². The smallest absolute Gasteiger partial charge is 0.271 e. The van der Waals surface area contributed by atoms with Gasteiger partial charge < -0.3 is 4.74 Å². The molecule has 1 aromatic heterocycles. The zero-order chi connectivity index (χ0) is 27.8. The van der Waals surface area contributed by atoms with Crippen LogP contribution in [0.4, 0.5) is 0 Å². The Morgan fingerprint density at radius 2 is 1.69 bits per heavy atom. The van der Waals surface area contributed by atoms with E-state index in [0.29, 0.717) is 42.0 Å². The van der Waals surface area contributed by atoms with Crippen molar-refractivity contribution in [3.05, 3.63) is 83.1 Å². The Hall–Kier alpha value is -4.44. The minimum atomic E-state index is -0.517. The predicted octanol–water partition coefficient (Wildman–Crippen LogP) is 6.50. The molecule has 200 valence electrons. The molecular weight excluding hydrogens is 488 g/mol. The SMILES string of the molecule is CCCCCCN1C(=O)C(C#N)=C(C)/C(=C\c2cn(-c3ccccc3)nc2-c2ccc(OCCC)cc2)C1=O. The van der Waals surface area contributed by atoms with Crippen molar-refractivity contribution in [3.8, 4) is 28.8 Å². The summed E-state index contributed by atoms with van der Waals surface area (Å²) in [6.07, 6.45) is 8.25. The summed E-state index contributed by atoms with van der Waals surface area (Å²) in [5, 5.41) is 14.6. The number of amides is 2. The lowest BCUT2D eigenvalue weighted by Gasteiger charge is -2.27. The van der Waals surface area contributed by atoms with Gasteiger partial charge in [-0.1, -0.05) is 51.3 Å². The van der Waals surface area contributed by atoms with Gasteiger partial charge in [0.2, 0.25) is 0 Å². The summed E-state index contributed by atoms with van der Waals surface area (Å²) < 4.78 is 7.51. The first-order valence-electron chi connectivity index (χ1n) is 13.6. The van der Waals surface area contributed by atoms with Crippen LogP contribution in [0.2, 0.25) is 0 Å². The molecule has 1 aliphatic heterocycles. The Morgan fingerprint density at radius 3 is 2.36 bits per heavy atom. The summed E-state index contributed by atoms with van der Waals surface area (Å²) in [5.41, 5.74) is 3.85. The molecule has 0 radical (unpaired) electrons. The molecule has 2 amide bonds. The monoisotopic (exact) mass is 522 g/mol. The van der Waals surface area contributed by atoms with Gasteiger partial charge in [0.05, 0.1) is 18.0 Å². The molecule has 3 aromatic rings. The molecule has 39 heavy (non-hydrogen) atoms. The number of nitriles is 1. The number of unbranched alkanes of at least 4 members (excludes halogenated alkanes) is 3. The summed E-state index contributed by atoms with van der Waals surface area (Å²) >= 11 is 0. The van der Waals surface area contributed by atoms with Gasteiger partial charge in [0.25, 0.3) is 11.8 Å². The second-order valence-corrected chi connectivity index (χ2v) is 9.58. The van der Waals surface area contributed by atoms with Crippen LogP contribution in [-0.4, -0.2) is 39.6 Å². The van der Waals surface area contributed by atoms with Crippen molar-refractivity contribution in [2.75, 3.05) is 13.2 Å². The molecule has 4 rings (SSSR count). The van der Waals surface area contributed by atoms with Gasteiger partial charge in [0.15, 0.2) is 0 Å². The number of hydrogen-bond donors (Lipinski definition) is 0. The van der Waals surface area contributed by atoms with E-state index >= 15 is 0 Å². The highest BCUT2D eigenvalue weighted by atomic mass is 16.5. The zero-order valence-electron chi connectivity index (χ0n) is 22.8. The normalized spacial score (nSPS) is 14.7. The van der Waals surface area contributed by atoms with Crippen molar-refractivity contribution < 1.29 is 14.3 Å². The summed E-state index contributed by atoms with van der Waals surface area (Å²) in [6.45, 7) is 6.77. The second kappa shape index (κ2) is 12.9. The maximum absolute atomic E-state index is 13.6. The molecule has 0 aliphatic carbocycles. The zero-order valence-corrected chi connectivity index (χ0v) is 22.8. The van der Waals surface area contributed by atoms with E-state index in [2.05, 4.69) is 13.8 Å². The van der Waals surface area contributed by atoms with Crippen LogP contribution in [-0.2, 0) is 9.59 Å². The Bertz CT molecular complexity index is 1430. The maximum Gasteiger partial charge on any atom is 0.271 e. The van der Waals surface area contributed by atoms with E-state index in [1.807, 2.05) is 66.9 Å². The van der Waals surface area contributed by atoms with E-state index < -0.39 is 5.91 Å². The first kappa shape index (κ1) is 27.6. The van der Waals surface area contributed by atoms with Crippen molar-refractivity contribution in [2.45, 2.75) is 52.9 Å². The fourth-order valence-electron chi connectivity index (χ4n) is 4.54. The topological polar surface area (TPSA) is 88.2 Å². The molecular formula is C32H34N4O3. The number of para-hydroxylation sites is 1. The lowest BCUT2D eigenvalue weighted by molar-refractivity contribution is -0.140. The quantitative estimate of drug-likeness (QED) is 0.163. The van der Waals surface area contributed by atoms with E-state index in [1.54, 1.807) is 17.7 Å². The number of imide groups is 1. The summed E-state index contributed by atoms with van der Waals surface area (Å²) in [5.74, 6) is -0.119. The van der Waals surface area contributed by atoms with Crippen molar-refractivity contribution in [1.82, 2.24) is 14.7 Å². The molecule has 0 bridgehead atoms. The predicted molar refractivity (Wildman–Crippen MR) is 152 cm³/mol. The van der Waals surface area contributed by atoms with Crippen LogP contribution in [0, 0.1) is 11.3 Å². The van der Waals surface area contributed by atoms with Gasteiger partial charge in [0, 0.05) is 29.4 Å². The average Bonchev–Trinajstić information content (AvgIpc) is 3.38. The summed E-state index contributed by atoms with van der Waals surface area (Å²) in [6, 6.07) is 19.5. The Balaban J connectivity index is 1.79. The van der Waals surface area contributed by atoms with E-state index in [-0.39, 0.29) is 11.5 Å². The third kappa shape index (κ3) is 6.18. The van der Waals surface area contributed by atoms with Crippen molar-refractivity contribution in [3.63, 3.8) is 0 Å². The lowest BCUT2D eigenvalue weighted by Crippen LogP contribution is -2.43. The van der Waals surface area contributed by atoms with Crippen molar-refractivity contribution >= 4 is 17.9 Å². The number of hydrogen-bond acceptors (Lipinski definition) is 5. The van der Waals surface area contributed by atoms with Crippen molar-refractivity contribution in [1.29, 1.82) is 5.26 Å². The molecule has 1 aliphatic rings. The highest BCUT2D eigenvalue weighted by Crippen LogP contribution is 2.32. The first-order valence-corrected chi connectivity index (χ1v) is 13.6. The average molecular weight is 523 g/mol. The number of aromatic nitrogens is 2. The Labute approximate surface area is 230 Å². The molecule has 0 fully saturated rings. The van der Waals surface area contributed by atoms with Gasteiger partial charge in [-0.15, -0.1) is 0 Å². The molecule has 0 saturated heterocycles. The third-order valence-electron chi connectivity index (χ3n) is 6.72. The number of benzene rings is 2. The van der Waals surface area contributed by atoms with Crippen LogP contribution in [0.1, 0.15) is 58.4 Å². The first-order chi connectivity index (χ1) is 19.0. The molecule has 7 heteroatoms. The molecule has 0 spiro atoms. The number of carbonyl (C=O) groups is 2. The molecule has 0 N–H and O–H groups in total. The van der Waals surface area contributed by atoms with Crippen LogP contribution in [0.15, 0.2) is 77.5 Å². The van der Waals surface area contributed by atoms with E-state index in [4.69, 9.17) is 9.84 Å². The van der Waals surface area contributed by atoms with Crippen LogP contribution in [0.25, 0.3) is 23.0 Å². The standard InChI is InChI=1S/C32H34N4O3/c1-4-6-7-11-18-35-31(37)28(23(3)29(21-33)32(35)38)20-25-22-36(26-12-9-8-10-13-26)34-30(25)24-14-16-27(17-15-24)39-19-5-2/h8-10,12-17,20,22H,4-7,11,18-19H2,1-3H3/b28-20+. The van der Waals surface area contributed by atoms with Crippen molar-refractivity contribution in [2.24, 2.45) is 0 Å². The third-order valence-corrected chi connectivity index (χ3v) is 6.72. The molecule has 7 nitrogen and oxygen atoms in total. The molecule has 0 saturated carbocycles. The number of nitrogens with zero attached hydrogens (tertiary/aromatic N) is 4. The van der Waals surface area contributed by atoms with E-state index in [1.165, 1.54) is 4.90 Å². The molecule has 0 atom stereocenters. The van der Waals surface area contributed by atoms with Gasteiger partial charge in [-0.2, -0.15) is 10.4 Å². The maximum atomic E-state index is 13.6. The van der Waals surface area contributed by atoms with E-state index in [0.717, 1.165) is 42.7 Å². The van der Waals surface area contributed by atoms with Gasteiger partial charge in [-0.3, -0.25) is 14.5 Å². The molecule has 0 unspecified atom stereocenters. The summed E-state index contributed by atoms with van der Waals surface area (Å²) in [7, 11) is 0. The minimum absolute atomic E-state index is 0.00534. The van der Waals surface area contributed by atoms with Gasteiger partial charge in [0.1, 0.15) is 17.4 Å². The largest absolute Gasteiger partial charge is 0.494 e. The highest BCUT2D eigenvalue weighted by Gasteiger charge is 2.35. The molecule has 2 heterocycles. The van der Waals surface area contributed by atoms with Crippen LogP contribution in [0.3, 0.4) is 0 Å². The fourth-order valence-corrected chi connectivity index (χ4v) is 4.54. The lowest BCUT2D eigenvalue weighted by atomic mass is 9.93. The van der Waals surface area contributed by atoms with E-state index in [9.17, 15) is 14.9 Å². The van der Waals surface area contributed by atoms with Crippen LogP contribution in [0.5, 0.6) is 5.75 Å². The second-order valence-electron chi connectivity index (χ2n) is 9.58. The van der Waals surface area contributed by atoms with Crippen LogP contribution < -0.4 is 4.74 Å².